The van der Waals surface area contributed by atoms with Crippen molar-refractivity contribution in [2.24, 2.45) is 0 Å². The first-order chi connectivity index (χ1) is 16.6. The van der Waals surface area contributed by atoms with E-state index in [4.69, 9.17) is 9.84 Å². The van der Waals surface area contributed by atoms with Gasteiger partial charge >= 0.3 is 6.03 Å². The van der Waals surface area contributed by atoms with Crippen LogP contribution in [0.3, 0.4) is 0 Å². The Bertz CT molecular complexity index is 1140. The van der Waals surface area contributed by atoms with Crippen LogP contribution in [0.2, 0.25) is 0 Å². The molecule has 0 bridgehead atoms. The summed E-state index contributed by atoms with van der Waals surface area (Å²) in [6.45, 7) is 1.70. The van der Waals surface area contributed by atoms with E-state index in [1.54, 1.807) is 23.9 Å². The van der Waals surface area contributed by atoms with Gasteiger partial charge in [-0.3, -0.25) is 10.2 Å². The second-order valence-corrected chi connectivity index (χ2v) is 8.98. The van der Waals surface area contributed by atoms with E-state index >= 15 is 4.39 Å². The Labute approximate surface area is 198 Å². The summed E-state index contributed by atoms with van der Waals surface area (Å²) in [6, 6.07) is 17.7. The number of ether oxygens (including phenoxy) is 1. The van der Waals surface area contributed by atoms with Crippen molar-refractivity contribution in [3.8, 4) is 5.69 Å². The molecular weight excluding hydrogens is 433 g/mol. The van der Waals surface area contributed by atoms with Gasteiger partial charge < -0.3 is 10.1 Å². The maximum absolute atomic E-state index is 16.4. The molecule has 2 unspecified atom stereocenters. The zero-order chi connectivity index (χ0) is 23.5. The Hall–Kier alpha value is -3.23. The summed E-state index contributed by atoms with van der Waals surface area (Å²) in [5.74, 6) is 0.662. The number of amides is 2. The normalized spacial score (nSPS) is 22.0. The molecule has 5 rings (SSSR count). The van der Waals surface area contributed by atoms with Crippen molar-refractivity contribution in [3.63, 3.8) is 0 Å². The van der Waals surface area contributed by atoms with Crippen molar-refractivity contribution in [1.82, 2.24) is 20.0 Å². The zero-order valence-electron chi connectivity index (χ0n) is 19.3. The van der Waals surface area contributed by atoms with Gasteiger partial charge in [0.25, 0.3) is 0 Å². The Kier molecular flexibility index (Phi) is 6.34. The number of benzene rings is 2. The van der Waals surface area contributed by atoms with Gasteiger partial charge in [-0.15, -0.1) is 0 Å². The number of aromatic nitrogens is 2. The number of aryl methyl sites for hydroxylation is 1. The monoisotopic (exact) mass is 463 g/mol. The third-order valence-electron chi connectivity index (χ3n) is 6.76. The van der Waals surface area contributed by atoms with Crippen LogP contribution in [0.1, 0.15) is 23.2 Å². The van der Waals surface area contributed by atoms with E-state index in [1.165, 1.54) is 0 Å². The van der Waals surface area contributed by atoms with Crippen LogP contribution < -0.4 is 10.6 Å². The highest BCUT2D eigenvalue weighted by Gasteiger charge is 2.49. The number of carbonyl (C=O) groups is 1. The molecule has 1 aliphatic heterocycles. The quantitative estimate of drug-likeness (QED) is 0.561. The predicted molar refractivity (Wildman–Crippen MR) is 129 cm³/mol. The van der Waals surface area contributed by atoms with Gasteiger partial charge in [0.1, 0.15) is 5.82 Å². The van der Waals surface area contributed by atoms with Gasteiger partial charge in [0, 0.05) is 32.3 Å². The van der Waals surface area contributed by atoms with E-state index in [1.807, 2.05) is 53.4 Å². The van der Waals surface area contributed by atoms with Crippen LogP contribution in [0.15, 0.2) is 60.7 Å². The lowest BCUT2D eigenvalue weighted by atomic mass is 9.91. The maximum atomic E-state index is 16.4. The van der Waals surface area contributed by atoms with Crippen LogP contribution >= 0.6 is 0 Å². The highest BCUT2D eigenvalue weighted by molar-refractivity contribution is 5.90. The van der Waals surface area contributed by atoms with Crippen molar-refractivity contribution >= 4 is 11.8 Å². The van der Waals surface area contributed by atoms with E-state index < -0.39 is 17.7 Å². The van der Waals surface area contributed by atoms with Crippen molar-refractivity contribution in [1.29, 1.82) is 0 Å². The highest BCUT2D eigenvalue weighted by atomic mass is 19.1. The number of urea groups is 1. The van der Waals surface area contributed by atoms with Crippen LogP contribution in [0.5, 0.6) is 0 Å². The Balaban J connectivity index is 1.39. The first kappa shape index (κ1) is 22.6. The third kappa shape index (κ3) is 4.31. The summed E-state index contributed by atoms with van der Waals surface area (Å²) in [5.41, 5.74) is 1.81. The summed E-state index contributed by atoms with van der Waals surface area (Å²) < 4.78 is 23.4. The first-order valence-electron chi connectivity index (χ1n) is 11.8. The molecule has 0 saturated carbocycles. The number of hydrogen-bond donors (Lipinski definition) is 2. The van der Waals surface area contributed by atoms with Crippen molar-refractivity contribution in [3.05, 3.63) is 77.5 Å². The fourth-order valence-electron chi connectivity index (χ4n) is 5.04. The Morgan fingerprint density at radius 1 is 1.15 bits per heavy atom. The topological polar surface area (TPSA) is 71.4 Å². The second kappa shape index (κ2) is 9.56. The van der Waals surface area contributed by atoms with Gasteiger partial charge in [-0.1, -0.05) is 48.5 Å². The molecule has 2 aromatic carbocycles. The molecule has 1 saturated heterocycles. The van der Waals surface area contributed by atoms with Gasteiger partial charge in [0.15, 0.2) is 5.67 Å². The lowest BCUT2D eigenvalue weighted by Gasteiger charge is -2.27. The highest BCUT2D eigenvalue weighted by Crippen LogP contribution is 2.37. The van der Waals surface area contributed by atoms with E-state index in [2.05, 4.69) is 10.6 Å². The minimum Gasteiger partial charge on any atom is -0.383 e. The molecule has 3 aromatic rings. The number of anilines is 1. The maximum Gasteiger partial charge on any atom is 0.320 e. The number of para-hydroxylation sites is 1. The summed E-state index contributed by atoms with van der Waals surface area (Å²) in [7, 11) is 1.63. The predicted octanol–water partition coefficient (Wildman–Crippen LogP) is 3.68. The summed E-state index contributed by atoms with van der Waals surface area (Å²) in [6.07, 6.45) is 2.77. The van der Waals surface area contributed by atoms with E-state index in [0.717, 1.165) is 36.2 Å². The van der Waals surface area contributed by atoms with E-state index in [-0.39, 0.29) is 6.54 Å². The van der Waals surface area contributed by atoms with Gasteiger partial charge in [-0.25, -0.2) is 13.9 Å². The lowest BCUT2D eigenvalue weighted by molar-refractivity contribution is 0.125. The number of nitrogens with zero attached hydrogens (tertiary/aromatic N) is 3. The molecule has 0 radical (unpaired) electrons. The van der Waals surface area contributed by atoms with Gasteiger partial charge in [0.2, 0.25) is 0 Å². The number of fused-ring (bicyclic) bond motifs is 1. The number of hydrogen-bond acceptors (Lipinski definition) is 4. The molecule has 1 fully saturated rings. The van der Waals surface area contributed by atoms with Crippen LogP contribution in [-0.4, -0.2) is 60.1 Å². The first-order valence-corrected chi connectivity index (χ1v) is 11.8. The van der Waals surface area contributed by atoms with Gasteiger partial charge in [-0.2, -0.15) is 5.10 Å². The van der Waals surface area contributed by atoms with Crippen molar-refractivity contribution in [2.45, 2.75) is 31.0 Å². The summed E-state index contributed by atoms with van der Waals surface area (Å²) in [5, 5.41) is 10.7. The minimum atomic E-state index is -1.70. The Morgan fingerprint density at radius 3 is 2.62 bits per heavy atom. The molecule has 8 heteroatoms. The molecule has 2 atom stereocenters. The number of carbonyl (C=O) groups excluding carboxylic acids is 1. The largest absolute Gasteiger partial charge is 0.383 e. The van der Waals surface area contributed by atoms with Crippen LogP contribution in [0.25, 0.3) is 5.69 Å². The smallest absolute Gasteiger partial charge is 0.320 e. The summed E-state index contributed by atoms with van der Waals surface area (Å²) in [4.78, 5) is 15.2. The van der Waals surface area contributed by atoms with Crippen molar-refractivity contribution in [2.75, 3.05) is 38.7 Å². The zero-order valence-corrected chi connectivity index (χ0v) is 19.3. The molecule has 2 N–H and O–H groups in total. The number of likely N-dealkylation sites (tertiary alicyclic amines) is 1. The number of methoxy groups -OCH3 is 1. The average Bonchev–Trinajstić information content (AvgIpc) is 3.54. The standard InChI is InChI=1S/C26H30FN5O2/c1-34-16-15-31-17-23(26(27,18-31)19-9-4-2-5-10-19)28-25(33)29-24-21-13-8-14-22(21)30-32(24)20-11-6-3-7-12-20/h2-7,9-12,23H,8,13-18H2,1H3,(H2,28,29,33). The molecule has 2 amide bonds. The molecule has 34 heavy (non-hydrogen) atoms. The van der Waals surface area contributed by atoms with Crippen molar-refractivity contribution < 1.29 is 13.9 Å². The van der Waals surface area contributed by atoms with Crippen LogP contribution in [0, 0.1) is 0 Å². The Morgan fingerprint density at radius 2 is 1.88 bits per heavy atom. The van der Waals surface area contributed by atoms with E-state index in [0.29, 0.717) is 31.1 Å². The number of alkyl halides is 1. The molecule has 178 valence electrons. The number of rotatable bonds is 7. The van der Waals surface area contributed by atoms with E-state index in [9.17, 15) is 4.79 Å². The molecular formula is C26H30FN5O2. The number of nitrogens with one attached hydrogen (secondary N) is 2. The third-order valence-corrected chi connectivity index (χ3v) is 6.76. The van der Waals surface area contributed by atoms with Gasteiger partial charge in [0.05, 0.1) is 24.0 Å². The SMILES string of the molecule is COCCN1CC(NC(=O)Nc2c3c(nn2-c2ccccc2)CCC3)C(F)(c2ccccc2)C1. The fourth-order valence-corrected chi connectivity index (χ4v) is 5.04. The minimum absolute atomic E-state index is 0.197. The number of halogens is 1. The molecule has 0 spiro atoms. The summed E-state index contributed by atoms with van der Waals surface area (Å²) >= 11 is 0. The van der Waals surface area contributed by atoms with Gasteiger partial charge in [-0.05, 0) is 37.0 Å². The fraction of sp³-hybridized carbons (Fsp3) is 0.385. The molecule has 1 aromatic heterocycles. The average molecular weight is 464 g/mol. The lowest BCUT2D eigenvalue weighted by Crippen LogP contribution is -2.49. The van der Waals surface area contributed by atoms with Crippen LogP contribution in [-0.2, 0) is 23.2 Å². The molecule has 1 aliphatic carbocycles. The molecule has 7 nitrogen and oxygen atoms in total. The second-order valence-electron chi connectivity index (χ2n) is 8.98. The molecule has 2 aliphatic rings. The van der Waals surface area contributed by atoms with Crippen LogP contribution in [0.4, 0.5) is 15.0 Å². The molecule has 2 heterocycles.